The number of pyridine rings is 1. The second-order valence-electron chi connectivity index (χ2n) is 2.92. The predicted octanol–water partition coefficient (Wildman–Crippen LogP) is 1.95. The standard InChI is InChI=1S/C9H7F4NO2/c1-16-8(15)4-6-2-5(9(11,12)13)3-7(10)14-6/h2-3H,4H2,1H3. The number of aromatic nitrogens is 1. The maximum atomic E-state index is 12.7. The molecule has 0 aliphatic carbocycles. The van der Waals surface area contributed by atoms with Crippen LogP contribution >= 0.6 is 0 Å². The van der Waals surface area contributed by atoms with Gasteiger partial charge in [-0.2, -0.15) is 17.6 Å². The van der Waals surface area contributed by atoms with Crippen molar-refractivity contribution in [2.45, 2.75) is 12.6 Å². The topological polar surface area (TPSA) is 39.2 Å². The van der Waals surface area contributed by atoms with E-state index in [0.717, 1.165) is 7.11 Å². The van der Waals surface area contributed by atoms with Crippen LogP contribution in [0, 0.1) is 5.95 Å². The van der Waals surface area contributed by atoms with Gasteiger partial charge in [-0.05, 0) is 6.07 Å². The predicted molar refractivity (Wildman–Crippen MR) is 44.9 cm³/mol. The number of ether oxygens (including phenoxy) is 1. The molecule has 7 heteroatoms. The van der Waals surface area contributed by atoms with Crippen molar-refractivity contribution in [1.82, 2.24) is 4.98 Å². The molecule has 0 spiro atoms. The number of hydrogen-bond donors (Lipinski definition) is 0. The summed E-state index contributed by atoms with van der Waals surface area (Å²) in [6, 6.07) is 0.876. The van der Waals surface area contributed by atoms with Crippen LogP contribution < -0.4 is 0 Å². The molecule has 0 aliphatic heterocycles. The van der Waals surface area contributed by atoms with Crippen LogP contribution in [0.4, 0.5) is 17.6 Å². The van der Waals surface area contributed by atoms with Gasteiger partial charge in [0.05, 0.1) is 24.8 Å². The van der Waals surface area contributed by atoms with Crippen molar-refractivity contribution in [3.8, 4) is 0 Å². The summed E-state index contributed by atoms with van der Waals surface area (Å²) in [6.45, 7) is 0. The highest BCUT2D eigenvalue weighted by Crippen LogP contribution is 2.29. The van der Waals surface area contributed by atoms with E-state index in [1.807, 2.05) is 0 Å². The van der Waals surface area contributed by atoms with E-state index in [4.69, 9.17) is 0 Å². The summed E-state index contributed by atoms with van der Waals surface area (Å²) in [5.74, 6) is -2.07. The van der Waals surface area contributed by atoms with Crippen molar-refractivity contribution in [2.75, 3.05) is 7.11 Å². The molecule has 0 radical (unpaired) electrons. The molecule has 0 N–H and O–H groups in total. The maximum absolute atomic E-state index is 12.7. The summed E-state index contributed by atoms with van der Waals surface area (Å²) in [5.41, 5.74) is -1.50. The number of alkyl halides is 3. The molecule has 0 saturated heterocycles. The molecule has 3 nitrogen and oxygen atoms in total. The quantitative estimate of drug-likeness (QED) is 0.448. The monoisotopic (exact) mass is 237 g/mol. The first kappa shape index (κ1) is 12.4. The number of esters is 1. The average molecular weight is 237 g/mol. The van der Waals surface area contributed by atoms with E-state index in [2.05, 4.69) is 9.72 Å². The fraction of sp³-hybridized carbons (Fsp3) is 0.333. The fourth-order valence-corrected chi connectivity index (χ4v) is 1.03. The van der Waals surface area contributed by atoms with Crippen LogP contribution in [-0.2, 0) is 22.1 Å². The summed E-state index contributed by atoms with van der Waals surface area (Å²) in [4.78, 5) is 14.0. The number of methoxy groups -OCH3 is 1. The highest BCUT2D eigenvalue weighted by Gasteiger charge is 2.31. The Morgan fingerprint density at radius 2 is 2.06 bits per heavy atom. The highest BCUT2D eigenvalue weighted by molar-refractivity contribution is 5.71. The van der Waals surface area contributed by atoms with Crippen molar-refractivity contribution < 1.29 is 27.1 Å². The third kappa shape index (κ3) is 3.18. The second kappa shape index (κ2) is 4.46. The first-order chi connectivity index (χ1) is 7.32. The lowest BCUT2D eigenvalue weighted by molar-refractivity contribution is -0.141. The minimum absolute atomic E-state index is 0.265. The van der Waals surface area contributed by atoms with E-state index in [0.29, 0.717) is 6.07 Å². The summed E-state index contributed by atoms with van der Waals surface area (Å²) in [7, 11) is 1.08. The zero-order chi connectivity index (χ0) is 12.3. The number of nitrogens with zero attached hydrogens (tertiary/aromatic N) is 1. The molecule has 0 aromatic carbocycles. The second-order valence-corrected chi connectivity index (χ2v) is 2.92. The highest BCUT2D eigenvalue weighted by atomic mass is 19.4. The lowest BCUT2D eigenvalue weighted by atomic mass is 10.2. The van der Waals surface area contributed by atoms with Crippen LogP contribution in [0.2, 0.25) is 0 Å². The van der Waals surface area contributed by atoms with Gasteiger partial charge in [-0.25, -0.2) is 4.98 Å². The van der Waals surface area contributed by atoms with Crippen molar-refractivity contribution in [3.63, 3.8) is 0 Å². The number of carbonyl (C=O) groups excluding carboxylic acids is 1. The van der Waals surface area contributed by atoms with E-state index >= 15 is 0 Å². The zero-order valence-electron chi connectivity index (χ0n) is 8.14. The van der Waals surface area contributed by atoms with Crippen molar-refractivity contribution in [3.05, 3.63) is 29.3 Å². The molecule has 0 saturated carbocycles. The van der Waals surface area contributed by atoms with Crippen LogP contribution in [0.3, 0.4) is 0 Å². The van der Waals surface area contributed by atoms with Gasteiger partial charge in [0.2, 0.25) is 5.95 Å². The van der Waals surface area contributed by atoms with E-state index < -0.39 is 30.1 Å². The van der Waals surface area contributed by atoms with Gasteiger partial charge in [-0.1, -0.05) is 0 Å². The molecular weight excluding hydrogens is 230 g/mol. The molecule has 0 atom stereocenters. The van der Waals surface area contributed by atoms with Crippen LogP contribution in [0.25, 0.3) is 0 Å². The average Bonchev–Trinajstić information content (AvgIpc) is 2.15. The molecule has 0 fully saturated rings. The number of carbonyl (C=O) groups is 1. The number of hydrogen-bond acceptors (Lipinski definition) is 3. The van der Waals surface area contributed by atoms with E-state index in [1.165, 1.54) is 0 Å². The first-order valence-electron chi connectivity index (χ1n) is 4.13. The van der Waals surface area contributed by atoms with Crippen molar-refractivity contribution in [1.29, 1.82) is 0 Å². The molecule has 1 aromatic heterocycles. The summed E-state index contributed by atoms with van der Waals surface area (Å²) in [6.07, 6.45) is -5.17. The van der Waals surface area contributed by atoms with Gasteiger partial charge in [-0.15, -0.1) is 0 Å². The molecule has 16 heavy (non-hydrogen) atoms. The largest absolute Gasteiger partial charge is 0.469 e. The Morgan fingerprint density at radius 1 is 1.44 bits per heavy atom. The van der Waals surface area contributed by atoms with Gasteiger partial charge < -0.3 is 4.74 Å². The molecule has 0 amide bonds. The Hall–Kier alpha value is -1.66. The van der Waals surface area contributed by atoms with Gasteiger partial charge >= 0.3 is 12.1 Å². The SMILES string of the molecule is COC(=O)Cc1cc(C(F)(F)F)cc(F)n1. The third-order valence-corrected chi connectivity index (χ3v) is 1.73. The normalized spacial score (nSPS) is 11.3. The summed E-state index contributed by atoms with van der Waals surface area (Å²) in [5, 5.41) is 0. The van der Waals surface area contributed by atoms with Crippen LogP contribution in [0.5, 0.6) is 0 Å². The lowest BCUT2D eigenvalue weighted by Gasteiger charge is -2.08. The van der Waals surface area contributed by atoms with Crippen LogP contribution in [0.15, 0.2) is 12.1 Å². The van der Waals surface area contributed by atoms with E-state index in [-0.39, 0.29) is 11.8 Å². The Labute approximate surface area is 88.0 Å². The van der Waals surface area contributed by atoms with Crippen LogP contribution in [0.1, 0.15) is 11.3 Å². The molecule has 1 rings (SSSR count). The van der Waals surface area contributed by atoms with Crippen molar-refractivity contribution in [2.24, 2.45) is 0 Å². The molecule has 0 bridgehead atoms. The van der Waals surface area contributed by atoms with Gasteiger partial charge in [0, 0.05) is 6.07 Å². The molecule has 0 aliphatic rings. The Bertz CT molecular complexity index is 403. The Morgan fingerprint density at radius 3 is 2.56 bits per heavy atom. The van der Waals surface area contributed by atoms with E-state index in [1.54, 1.807) is 0 Å². The summed E-state index contributed by atoms with van der Waals surface area (Å²) < 4.78 is 53.8. The van der Waals surface area contributed by atoms with Crippen LogP contribution in [-0.4, -0.2) is 18.1 Å². The molecule has 88 valence electrons. The maximum Gasteiger partial charge on any atom is 0.416 e. The van der Waals surface area contributed by atoms with E-state index in [9.17, 15) is 22.4 Å². The van der Waals surface area contributed by atoms with Crippen molar-refractivity contribution >= 4 is 5.97 Å². The number of rotatable bonds is 2. The fourth-order valence-electron chi connectivity index (χ4n) is 1.03. The third-order valence-electron chi connectivity index (χ3n) is 1.73. The first-order valence-corrected chi connectivity index (χ1v) is 4.13. The Balaban J connectivity index is 3.04. The minimum atomic E-state index is -4.67. The summed E-state index contributed by atoms with van der Waals surface area (Å²) >= 11 is 0. The smallest absolute Gasteiger partial charge is 0.416 e. The molecular formula is C9H7F4NO2. The molecule has 1 heterocycles. The minimum Gasteiger partial charge on any atom is -0.469 e. The molecule has 1 aromatic rings. The van der Waals surface area contributed by atoms with Gasteiger partial charge in [0.25, 0.3) is 0 Å². The molecule has 0 unspecified atom stereocenters. The Kier molecular flexibility index (Phi) is 3.46. The van der Waals surface area contributed by atoms with Gasteiger partial charge in [0.1, 0.15) is 0 Å². The van der Waals surface area contributed by atoms with Gasteiger partial charge in [-0.3, -0.25) is 4.79 Å². The number of halogens is 4. The van der Waals surface area contributed by atoms with Gasteiger partial charge in [0.15, 0.2) is 0 Å². The lowest BCUT2D eigenvalue weighted by Crippen LogP contribution is -2.11. The zero-order valence-corrected chi connectivity index (χ0v) is 8.14.